The van der Waals surface area contributed by atoms with Gasteiger partial charge in [-0.3, -0.25) is 0 Å². The van der Waals surface area contributed by atoms with Crippen LogP contribution in [-0.4, -0.2) is 11.3 Å². The lowest BCUT2D eigenvalue weighted by Crippen LogP contribution is -2.19. The molecule has 0 aromatic carbocycles. The van der Waals surface area contributed by atoms with Crippen molar-refractivity contribution in [2.75, 3.05) is 0 Å². The lowest BCUT2D eigenvalue weighted by Gasteiger charge is -2.01. The fourth-order valence-electron chi connectivity index (χ4n) is 1.95. The molecule has 0 radical (unpaired) electrons. The maximum Gasteiger partial charge on any atom is 0.102 e. The maximum atomic E-state index is 8.86. The second-order valence-electron chi connectivity index (χ2n) is 3.80. The van der Waals surface area contributed by atoms with Crippen molar-refractivity contribution in [1.82, 2.24) is 0 Å². The van der Waals surface area contributed by atoms with E-state index in [1.54, 1.807) is 0 Å². The highest BCUT2D eigenvalue weighted by Crippen LogP contribution is 2.55. The normalized spacial score (nSPS) is 41.4. The predicted molar refractivity (Wildman–Crippen MR) is 39.1 cm³/mol. The first-order chi connectivity index (χ1) is 4.77. The van der Waals surface area contributed by atoms with Crippen LogP contribution in [0.15, 0.2) is 0 Å². The van der Waals surface area contributed by atoms with E-state index >= 15 is 0 Å². The van der Waals surface area contributed by atoms with Crippen molar-refractivity contribution >= 4 is 0 Å². The molecule has 0 bridgehead atoms. The minimum absolute atomic E-state index is 0.561. The van der Waals surface area contributed by atoms with Gasteiger partial charge >= 0.3 is 0 Å². The van der Waals surface area contributed by atoms with Crippen LogP contribution in [0.4, 0.5) is 0 Å². The Morgan fingerprint density at radius 3 is 2.70 bits per heavy atom. The van der Waals surface area contributed by atoms with Crippen molar-refractivity contribution in [3.63, 3.8) is 0 Å². The molecule has 2 aliphatic carbocycles. The molecule has 0 aliphatic heterocycles. The van der Waals surface area contributed by atoms with Crippen molar-refractivity contribution in [1.29, 1.82) is 0 Å². The van der Waals surface area contributed by atoms with E-state index in [1.165, 1.54) is 19.3 Å². The van der Waals surface area contributed by atoms with Gasteiger partial charge in [0.15, 0.2) is 0 Å². The molecule has 0 saturated heterocycles. The Balaban J connectivity index is 1.69. The summed E-state index contributed by atoms with van der Waals surface area (Å²) in [5, 5.41) is 8.86. The second kappa shape index (κ2) is 2.21. The summed E-state index contributed by atoms with van der Waals surface area (Å²) in [6, 6.07) is 0. The fourth-order valence-corrected chi connectivity index (χ4v) is 1.95. The molecular formula is C8H15NO. The molecule has 10 heavy (non-hydrogen) atoms. The number of aliphatic hydroxyl groups is 1. The number of hydrogen-bond acceptors (Lipinski definition) is 2. The average Bonchev–Trinajstić information content (AvgIpc) is 2.49. The Bertz CT molecular complexity index is 131. The smallest absolute Gasteiger partial charge is 0.102 e. The van der Waals surface area contributed by atoms with Gasteiger partial charge in [-0.1, -0.05) is 0 Å². The second-order valence-corrected chi connectivity index (χ2v) is 3.80. The van der Waals surface area contributed by atoms with Crippen LogP contribution in [0.2, 0.25) is 0 Å². The van der Waals surface area contributed by atoms with Crippen molar-refractivity contribution in [3.05, 3.63) is 0 Å². The Morgan fingerprint density at radius 1 is 1.50 bits per heavy atom. The molecule has 0 aromatic rings. The summed E-state index contributed by atoms with van der Waals surface area (Å²) in [6.45, 7) is 0. The number of rotatable bonds is 3. The summed E-state index contributed by atoms with van der Waals surface area (Å²) in [5.41, 5.74) is 5.27. The van der Waals surface area contributed by atoms with Crippen molar-refractivity contribution in [2.24, 2.45) is 23.5 Å². The molecule has 2 heteroatoms. The van der Waals surface area contributed by atoms with Crippen molar-refractivity contribution < 1.29 is 5.11 Å². The van der Waals surface area contributed by atoms with E-state index in [0.717, 1.165) is 24.2 Å². The van der Waals surface area contributed by atoms with Gasteiger partial charge in [-0.25, -0.2) is 0 Å². The van der Waals surface area contributed by atoms with Gasteiger partial charge in [-0.05, 0) is 43.4 Å². The summed E-state index contributed by atoms with van der Waals surface area (Å²) < 4.78 is 0. The van der Waals surface area contributed by atoms with Crippen LogP contribution in [-0.2, 0) is 0 Å². The van der Waals surface area contributed by atoms with Gasteiger partial charge in [0.2, 0.25) is 0 Å². The predicted octanol–water partition coefficient (Wildman–Crippen LogP) is 0.700. The summed E-state index contributed by atoms with van der Waals surface area (Å²) in [6.07, 6.45) is 4.47. The van der Waals surface area contributed by atoms with Crippen LogP contribution in [0, 0.1) is 17.8 Å². The van der Waals surface area contributed by atoms with E-state index in [1.807, 2.05) is 0 Å². The summed E-state index contributed by atoms with van der Waals surface area (Å²) in [5.74, 6) is 2.73. The van der Waals surface area contributed by atoms with E-state index < -0.39 is 6.23 Å². The third-order valence-corrected chi connectivity index (χ3v) is 2.75. The maximum absolute atomic E-state index is 8.86. The number of hydrogen-bond donors (Lipinski definition) is 2. The van der Waals surface area contributed by atoms with E-state index in [-0.39, 0.29) is 0 Å². The van der Waals surface area contributed by atoms with Gasteiger partial charge in [-0.2, -0.15) is 0 Å². The molecule has 0 heterocycles. The largest absolute Gasteiger partial charge is 0.379 e. The molecule has 2 nitrogen and oxygen atoms in total. The highest BCUT2D eigenvalue weighted by atomic mass is 16.3. The van der Waals surface area contributed by atoms with Gasteiger partial charge < -0.3 is 10.8 Å². The van der Waals surface area contributed by atoms with Crippen molar-refractivity contribution in [2.45, 2.75) is 31.9 Å². The quantitative estimate of drug-likeness (QED) is 0.568. The van der Waals surface area contributed by atoms with Gasteiger partial charge in [0, 0.05) is 0 Å². The van der Waals surface area contributed by atoms with Crippen LogP contribution >= 0.6 is 0 Å². The van der Waals surface area contributed by atoms with E-state index in [0.29, 0.717) is 0 Å². The molecule has 2 aliphatic rings. The van der Waals surface area contributed by atoms with E-state index in [4.69, 9.17) is 10.8 Å². The molecule has 58 valence electrons. The summed E-state index contributed by atoms with van der Waals surface area (Å²) in [4.78, 5) is 0. The van der Waals surface area contributed by atoms with E-state index in [2.05, 4.69) is 0 Å². The zero-order valence-electron chi connectivity index (χ0n) is 6.16. The highest BCUT2D eigenvalue weighted by molar-refractivity contribution is 4.96. The molecule has 0 spiro atoms. The number of aliphatic hydroxyl groups excluding tert-OH is 1. The molecule has 2 rings (SSSR count). The average molecular weight is 141 g/mol. The number of nitrogens with two attached hydrogens (primary N) is 1. The molecule has 2 fully saturated rings. The Kier molecular flexibility index (Phi) is 1.46. The highest BCUT2D eigenvalue weighted by Gasteiger charge is 2.47. The van der Waals surface area contributed by atoms with Crippen LogP contribution < -0.4 is 5.73 Å². The minimum Gasteiger partial charge on any atom is -0.379 e. The standard InChI is InChI=1S/C8H15NO/c9-8(10)4-6-3-7(6)5-1-2-5/h5-8,10H,1-4,9H2. The van der Waals surface area contributed by atoms with Crippen LogP contribution in [0.25, 0.3) is 0 Å². The first kappa shape index (κ1) is 6.62. The topological polar surface area (TPSA) is 46.2 Å². The van der Waals surface area contributed by atoms with Gasteiger partial charge in [-0.15, -0.1) is 0 Å². The fraction of sp³-hybridized carbons (Fsp3) is 1.00. The summed E-state index contributed by atoms with van der Waals surface area (Å²) in [7, 11) is 0. The third kappa shape index (κ3) is 1.32. The molecule has 3 N–H and O–H groups in total. The molecule has 0 amide bonds. The Hall–Kier alpha value is -0.0800. The zero-order valence-corrected chi connectivity index (χ0v) is 6.16. The molecule has 3 atom stereocenters. The SMILES string of the molecule is NC(O)CC1CC1C1CC1. The monoisotopic (exact) mass is 141 g/mol. The van der Waals surface area contributed by atoms with Crippen LogP contribution in [0.1, 0.15) is 25.7 Å². The lowest BCUT2D eigenvalue weighted by molar-refractivity contribution is 0.162. The zero-order chi connectivity index (χ0) is 7.14. The van der Waals surface area contributed by atoms with Crippen molar-refractivity contribution in [3.8, 4) is 0 Å². The molecule has 2 saturated carbocycles. The van der Waals surface area contributed by atoms with Gasteiger partial charge in [0.25, 0.3) is 0 Å². The van der Waals surface area contributed by atoms with Crippen LogP contribution in [0.3, 0.4) is 0 Å². The Labute approximate surface area is 61.4 Å². The van der Waals surface area contributed by atoms with Gasteiger partial charge in [0.1, 0.15) is 6.23 Å². The van der Waals surface area contributed by atoms with E-state index in [9.17, 15) is 0 Å². The molecule has 3 unspecified atom stereocenters. The summed E-state index contributed by atoms with van der Waals surface area (Å²) >= 11 is 0. The molecule has 0 aromatic heterocycles. The lowest BCUT2D eigenvalue weighted by atomic mass is 10.2. The Morgan fingerprint density at radius 2 is 2.20 bits per heavy atom. The first-order valence-corrected chi connectivity index (χ1v) is 4.21. The molecular weight excluding hydrogens is 126 g/mol. The van der Waals surface area contributed by atoms with Gasteiger partial charge in [0.05, 0.1) is 0 Å². The minimum atomic E-state index is -0.561. The van der Waals surface area contributed by atoms with Crippen LogP contribution in [0.5, 0.6) is 0 Å². The third-order valence-electron chi connectivity index (χ3n) is 2.75. The first-order valence-electron chi connectivity index (χ1n) is 4.21.